The van der Waals surface area contributed by atoms with Gasteiger partial charge in [-0.15, -0.1) is 0 Å². The van der Waals surface area contributed by atoms with Crippen molar-refractivity contribution in [2.75, 3.05) is 13.7 Å². The number of methoxy groups -OCH3 is 1. The Kier molecular flexibility index (Phi) is 4.42. The molecule has 82 valence electrons. The van der Waals surface area contributed by atoms with E-state index in [9.17, 15) is 4.79 Å². The molecule has 0 saturated carbocycles. The summed E-state index contributed by atoms with van der Waals surface area (Å²) in [4.78, 5) is 11.6. The topological polar surface area (TPSA) is 35.5 Å². The Labute approximate surface area is 101 Å². The molecule has 0 aromatic heterocycles. The van der Waals surface area contributed by atoms with E-state index in [1.165, 1.54) is 7.11 Å². The van der Waals surface area contributed by atoms with Crippen LogP contribution in [0.3, 0.4) is 0 Å². The summed E-state index contributed by atoms with van der Waals surface area (Å²) in [6.45, 7) is 2.03. The van der Waals surface area contributed by atoms with Crippen LogP contribution in [0.1, 0.15) is 17.3 Å². The molecule has 0 N–H and O–H groups in total. The van der Waals surface area contributed by atoms with Crippen molar-refractivity contribution in [2.45, 2.75) is 6.92 Å². The molecule has 0 spiro atoms. The number of esters is 1. The van der Waals surface area contributed by atoms with Crippen molar-refractivity contribution in [2.24, 2.45) is 0 Å². The van der Waals surface area contributed by atoms with Crippen LogP contribution in [0.15, 0.2) is 16.6 Å². The van der Waals surface area contributed by atoms with Gasteiger partial charge in [0.1, 0.15) is 11.3 Å². The molecule has 1 aromatic carbocycles. The second kappa shape index (κ2) is 5.37. The van der Waals surface area contributed by atoms with Crippen molar-refractivity contribution in [1.82, 2.24) is 0 Å². The first-order valence-electron chi connectivity index (χ1n) is 4.31. The Morgan fingerprint density at radius 3 is 2.73 bits per heavy atom. The molecule has 0 heterocycles. The maximum absolute atomic E-state index is 11.6. The highest BCUT2D eigenvalue weighted by Crippen LogP contribution is 2.33. The molecule has 0 radical (unpaired) electrons. The Morgan fingerprint density at radius 1 is 1.53 bits per heavy atom. The Morgan fingerprint density at radius 2 is 2.20 bits per heavy atom. The lowest BCUT2D eigenvalue weighted by atomic mass is 10.2. The van der Waals surface area contributed by atoms with Crippen molar-refractivity contribution < 1.29 is 14.3 Å². The van der Waals surface area contributed by atoms with Crippen LogP contribution in [0.25, 0.3) is 0 Å². The molecule has 0 bridgehead atoms. The zero-order valence-electron chi connectivity index (χ0n) is 8.34. The van der Waals surface area contributed by atoms with Crippen LogP contribution >= 0.6 is 27.5 Å². The summed E-state index contributed by atoms with van der Waals surface area (Å²) < 4.78 is 10.6. The molecule has 15 heavy (non-hydrogen) atoms. The molecule has 5 heteroatoms. The van der Waals surface area contributed by atoms with E-state index in [1.54, 1.807) is 19.1 Å². The monoisotopic (exact) mass is 292 g/mol. The SMILES string of the molecule is CCOC(=O)c1c(OC)ccc(Br)c1Cl. The third kappa shape index (κ3) is 2.63. The quantitative estimate of drug-likeness (QED) is 0.802. The summed E-state index contributed by atoms with van der Waals surface area (Å²) in [7, 11) is 1.47. The Hall–Kier alpha value is -0.740. The maximum Gasteiger partial charge on any atom is 0.343 e. The first-order chi connectivity index (χ1) is 7.11. The van der Waals surface area contributed by atoms with Gasteiger partial charge in [0.2, 0.25) is 0 Å². The van der Waals surface area contributed by atoms with E-state index < -0.39 is 5.97 Å². The van der Waals surface area contributed by atoms with Gasteiger partial charge in [-0.2, -0.15) is 0 Å². The van der Waals surface area contributed by atoms with Gasteiger partial charge < -0.3 is 9.47 Å². The first kappa shape index (κ1) is 12.3. The summed E-state index contributed by atoms with van der Waals surface area (Å²) in [6, 6.07) is 3.37. The molecule has 0 saturated heterocycles. The minimum Gasteiger partial charge on any atom is -0.496 e. The van der Waals surface area contributed by atoms with Gasteiger partial charge in [-0.25, -0.2) is 4.79 Å². The predicted molar refractivity (Wildman–Crippen MR) is 61.7 cm³/mol. The fourth-order valence-electron chi connectivity index (χ4n) is 1.10. The molecule has 0 aliphatic heterocycles. The Bertz CT molecular complexity index is 379. The third-order valence-corrected chi connectivity index (χ3v) is 3.04. The summed E-state index contributed by atoms with van der Waals surface area (Å²) in [5.74, 6) is -0.0812. The second-order valence-corrected chi connectivity index (χ2v) is 3.89. The summed E-state index contributed by atoms with van der Waals surface area (Å²) in [5.41, 5.74) is 0.246. The van der Waals surface area contributed by atoms with Gasteiger partial charge >= 0.3 is 5.97 Å². The van der Waals surface area contributed by atoms with Crippen molar-refractivity contribution in [3.8, 4) is 5.75 Å². The van der Waals surface area contributed by atoms with Crippen LogP contribution in [0, 0.1) is 0 Å². The molecule has 1 aromatic rings. The lowest BCUT2D eigenvalue weighted by Crippen LogP contribution is -2.07. The van der Waals surface area contributed by atoms with Crippen LogP contribution in [0.2, 0.25) is 5.02 Å². The van der Waals surface area contributed by atoms with Gasteiger partial charge in [-0.05, 0) is 35.0 Å². The number of rotatable bonds is 3. The molecule has 0 amide bonds. The third-order valence-electron chi connectivity index (χ3n) is 1.76. The van der Waals surface area contributed by atoms with Crippen LogP contribution in [0.4, 0.5) is 0 Å². The van der Waals surface area contributed by atoms with E-state index in [0.29, 0.717) is 21.9 Å². The number of hydrogen-bond acceptors (Lipinski definition) is 3. The van der Waals surface area contributed by atoms with E-state index in [0.717, 1.165) is 0 Å². The summed E-state index contributed by atoms with van der Waals surface area (Å²) in [5, 5.41) is 0.299. The zero-order chi connectivity index (χ0) is 11.4. The lowest BCUT2D eigenvalue weighted by Gasteiger charge is -2.10. The standard InChI is InChI=1S/C10H10BrClO3/c1-3-15-10(13)8-7(14-2)5-4-6(11)9(8)12/h4-5H,3H2,1-2H3. The first-order valence-corrected chi connectivity index (χ1v) is 5.48. The maximum atomic E-state index is 11.6. The molecule has 0 atom stereocenters. The highest BCUT2D eigenvalue weighted by molar-refractivity contribution is 9.10. The van der Waals surface area contributed by atoms with E-state index in [1.807, 2.05) is 0 Å². The summed E-state index contributed by atoms with van der Waals surface area (Å²) >= 11 is 9.21. The van der Waals surface area contributed by atoms with Crippen molar-refractivity contribution in [3.63, 3.8) is 0 Å². The minimum absolute atomic E-state index is 0.246. The van der Waals surface area contributed by atoms with Crippen LogP contribution in [-0.4, -0.2) is 19.7 Å². The van der Waals surface area contributed by atoms with E-state index >= 15 is 0 Å². The normalized spacial score (nSPS) is 9.87. The number of halogens is 2. The minimum atomic E-state index is -0.486. The lowest BCUT2D eigenvalue weighted by molar-refractivity contribution is 0.0523. The van der Waals surface area contributed by atoms with Gasteiger partial charge in [0.25, 0.3) is 0 Å². The highest BCUT2D eigenvalue weighted by atomic mass is 79.9. The Balaban J connectivity index is 3.23. The van der Waals surface area contributed by atoms with Crippen molar-refractivity contribution in [3.05, 3.63) is 27.2 Å². The van der Waals surface area contributed by atoms with Gasteiger partial charge in [0.15, 0.2) is 0 Å². The number of benzene rings is 1. The summed E-state index contributed by atoms with van der Waals surface area (Å²) in [6.07, 6.45) is 0. The van der Waals surface area contributed by atoms with E-state index in [2.05, 4.69) is 15.9 Å². The number of carbonyl (C=O) groups excluding carboxylic acids is 1. The molecule has 3 nitrogen and oxygen atoms in total. The highest BCUT2D eigenvalue weighted by Gasteiger charge is 2.19. The van der Waals surface area contributed by atoms with Gasteiger partial charge in [0.05, 0.1) is 18.7 Å². The fraction of sp³-hybridized carbons (Fsp3) is 0.300. The fourth-order valence-corrected chi connectivity index (χ4v) is 1.66. The molecule has 0 aliphatic carbocycles. The van der Waals surface area contributed by atoms with Crippen LogP contribution < -0.4 is 4.74 Å². The molecule has 0 fully saturated rings. The predicted octanol–water partition coefficient (Wildman–Crippen LogP) is 3.29. The zero-order valence-corrected chi connectivity index (χ0v) is 10.7. The second-order valence-electron chi connectivity index (χ2n) is 2.66. The van der Waals surface area contributed by atoms with Crippen LogP contribution in [0.5, 0.6) is 5.75 Å². The van der Waals surface area contributed by atoms with Crippen molar-refractivity contribution in [1.29, 1.82) is 0 Å². The molecule has 0 aliphatic rings. The average Bonchev–Trinajstić information content (AvgIpc) is 2.22. The molecular formula is C10H10BrClO3. The average molecular weight is 294 g/mol. The molecular weight excluding hydrogens is 283 g/mol. The van der Waals surface area contributed by atoms with Crippen molar-refractivity contribution >= 4 is 33.5 Å². The van der Waals surface area contributed by atoms with Crippen LogP contribution in [-0.2, 0) is 4.74 Å². The largest absolute Gasteiger partial charge is 0.496 e. The van der Waals surface area contributed by atoms with Gasteiger partial charge in [0, 0.05) is 4.47 Å². The molecule has 1 rings (SSSR count). The van der Waals surface area contributed by atoms with Gasteiger partial charge in [-0.3, -0.25) is 0 Å². The smallest absolute Gasteiger partial charge is 0.343 e. The van der Waals surface area contributed by atoms with Gasteiger partial charge in [-0.1, -0.05) is 11.6 Å². The van der Waals surface area contributed by atoms with E-state index in [-0.39, 0.29) is 5.56 Å². The number of carbonyl (C=O) groups is 1. The number of hydrogen-bond donors (Lipinski definition) is 0. The van der Waals surface area contributed by atoms with E-state index in [4.69, 9.17) is 21.1 Å². The number of ether oxygens (including phenoxy) is 2. The molecule has 0 unspecified atom stereocenters.